The molecule has 2 heterocycles. The van der Waals surface area contributed by atoms with Crippen LogP contribution in [-0.2, 0) is 0 Å². The molecule has 6 nitrogen and oxygen atoms in total. The Bertz CT molecular complexity index is 232. The average molecular weight is 168 g/mol. The van der Waals surface area contributed by atoms with E-state index in [2.05, 4.69) is 25.5 Å². The highest BCUT2D eigenvalue weighted by molar-refractivity contribution is 5.27. The van der Waals surface area contributed by atoms with Crippen molar-refractivity contribution >= 4 is 5.95 Å². The Balaban J connectivity index is 2.04. The van der Waals surface area contributed by atoms with E-state index in [1.807, 2.05) is 0 Å². The molecule has 0 bridgehead atoms. The second-order valence-electron chi connectivity index (χ2n) is 3.07. The number of anilines is 1. The third kappa shape index (κ3) is 1.38. The van der Waals surface area contributed by atoms with Crippen molar-refractivity contribution in [2.45, 2.75) is 18.9 Å². The maximum absolute atomic E-state index is 5.81. The summed E-state index contributed by atoms with van der Waals surface area (Å²) in [5.74, 6) is 0.727. The summed E-state index contributed by atoms with van der Waals surface area (Å²) in [7, 11) is 0. The lowest BCUT2D eigenvalue weighted by molar-refractivity contribution is 0.500. The first kappa shape index (κ1) is 7.48. The molecule has 0 spiro atoms. The second-order valence-corrected chi connectivity index (χ2v) is 3.07. The normalized spacial score (nSPS) is 24.4. The van der Waals surface area contributed by atoms with Gasteiger partial charge in [0.15, 0.2) is 0 Å². The lowest BCUT2D eigenvalue weighted by Crippen LogP contribution is -2.43. The summed E-state index contributed by atoms with van der Waals surface area (Å²) in [5.41, 5.74) is 5.81. The molecule has 2 rings (SSSR count). The van der Waals surface area contributed by atoms with E-state index in [4.69, 9.17) is 5.73 Å². The number of nitrogens with zero attached hydrogens (tertiary/aromatic N) is 4. The van der Waals surface area contributed by atoms with Gasteiger partial charge in [-0.25, -0.2) is 5.10 Å². The van der Waals surface area contributed by atoms with E-state index in [-0.39, 0.29) is 6.04 Å². The standard InChI is InChI=1S/C6H12N6/c7-5-2-1-3-12(4-5)6-8-10-11-9-6/h5H,1-4,7H2,(H,8,9,10,11). The van der Waals surface area contributed by atoms with Crippen LogP contribution in [-0.4, -0.2) is 39.8 Å². The zero-order valence-electron chi connectivity index (χ0n) is 6.77. The van der Waals surface area contributed by atoms with Crippen LogP contribution < -0.4 is 10.6 Å². The van der Waals surface area contributed by atoms with Crippen molar-refractivity contribution in [1.82, 2.24) is 20.6 Å². The first-order valence-electron chi connectivity index (χ1n) is 4.10. The molecule has 1 atom stereocenters. The topological polar surface area (TPSA) is 83.7 Å². The van der Waals surface area contributed by atoms with Crippen molar-refractivity contribution in [3.8, 4) is 0 Å². The molecule has 1 unspecified atom stereocenters. The van der Waals surface area contributed by atoms with E-state index in [1.54, 1.807) is 0 Å². The Labute approximate surface area is 70.1 Å². The van der Waals surface area contributed by atoms with Gasteiger partial charge in [0, 0.05) is 19.1 Å². The van der Waals surface area contributed by atoms with Gasteiger partial charge in [0.05, 0.1) is 0 Å². The smallest absolute Gasteiger partial charge is 0.242 e. The molecule has 0 aliphatic carbocycles. The summed E-state index contributed by atoms with van der Waals surface area (Å²) >= 11 is 0. The number of H-pyrrole nitrogens is 1. The van der Waals surface area contributed by atoms with E-state index >= 15 is 0 Å². The number of piperidine rings is 1. The summed E-state index contributed by atoms with van der Waals surface area (Å²) in [6.45, 7) is 1.83. The number of rotatable bonds is 1. The molecule has 1 saturated heterocycles. The molecule has 3 N–H and O–H groups in total. The molecular weight excluding hydrogens is 156 g/mol. The summed E-state index contributed by atoms with van der Waals surface area (Å²) < 4.78 is 0. The summed E-state index contributed by atoms with van der Waals surface area (Å²) in [6.07, 6.45) is 2.21. The van der Waals surface area contributed by atoms with Gasteiger partial charge in [-0.1, -0.05) is 5.10 Å². The summed E-state index contributed by atoms with van der Waals surface area (Å²) in [5, 5.41) is 13.6. The molecule has 0 amide bonds. The van der Waals surface area contributed by atoms with Gasteiger partial charge in [-0.2, -0.15) is 0 Å². The van der Waals surface area contributed by atoms with Gasteiger partial charge in [-0.3, -0.25) is 0 Å². The minimum atomic E-state index is 0.254. The van der Waals surface area contributed by atoms with Crippen LogP contribution in [0.3, 0.4) is 0 Å². The third-order valence-corrected chi connectivity index (χ3v) is 2.09. The third-order valence-electron chi connectivity index (χ3n) is 2.09. The summed E-state index contributed by atoms with van der Waals surface area (Å²) in [6, 6.07) is 0.254. The molecule has 1 aromatic heterocycles. The molecule has 0 aromatic carbocycles. The monoisotopic (exact) mass is 168 g/mol. The largest absolute Gasteiger partial charge is 0.338 e. The van der Waals surface area contributed by atoms with Crippen LogP contribution in [0.2, 0.25) is 0 Å². The van der Waals surface area contributed by atoms with Crippen molar-refractivity contribution in [2.75, 3.05) is 18.0 Å². The lowest BCUT2D eigenvalue weighted by Gasteiger charge is -2.29. The van der Waals surface area contributed by atoms with Crippen molar-refractivity contribution in [2.24, 2.45) is 5.73 Å². The highest BCUT2D eigenvalue weighted by atomic mass is 15.5. The Morgan fingerprint density at radius 3 is 3.17 bits per heavy atom. The van der Waals surface area contributed by atoms with Crippen molar-refractivity contribution in [1.29, 1.82) is 0 Å². The Morgan fingerprint density at radius 1 is 1.58 bits per heavy atom. The van der Waals surface area contributed by atoms with E-state index in [0.717, 1.165) is 31.9 Å². The van der Waals surface area contributed by atoms with Gasteiger partial charge in [-0.15, -0.1) is 0 Å². The van der Waals surface area contributed by atoms with Crippen molar-refractivity contribution in [3.05, 3.63) is 0 Å². The van der Waals surface area contributed by atoms with Crippen molar-refractivity contribution in [3.63, 3.8) is 0 Å². The molecule has 1 aliphatic rings. The number of hydrogen-bond donors (Lipinski definition) is 2. The van der Waals surface area contributed by atoms with E-state index in [9.17, 15) is 0 Å². The lowest BCUT2D eigenvalue weighted by atomic mass is 10.1. The van der Waals surface area contributed by atoms with Gasteiger partial charge >= 0.3 is 0 Å². The van der Waals surface area contributed by atoms with Crippen LogP contribution in [0, 0.1) is 0 Å². The number of nitrogens with two attached hydrogens (primary N) is 1. The molecular formula is C6H12N6. The predicted molar refractivity (Wildman–Crippen MR) is 43.6 cm³/mol. The van der Waals surface area contributed by atoms with E-state index in [0.29, 0.717) is 0 Å². The molecule has 66 valence electrons. The number of nitrogens with one attached hydrogen (secondary N) is 1. The molecule has 1 aliphatic heterocycles. The average Bonchev–Trinajstić information content (AvgIpc) is 2.56. The number of hydrogen-bond acceptors (Lipinski definition) is 5. The molecule has 1 aromatic rings. The van der Waals surface area contributed by atoms with Crippen LogP contribution in [0.1, 0.15) is 12.8 Å². The van der Waals surface area contributed by atoms with Gasteiger partial charge in [0.2, 0.25) is 5.95 Å². The van der Waals surface area contributed by atoms with Gasteiger partial charge in [0.1, 0.15) is 0 Å². The first-order chi connectivity index (χ1) is 5.86. The van der Waals surface area contributed by atoms with Crippen LogP contribution in [0.15, 0.2) is 0 Å². The minimum absolute atomic E-state index is 0.254. The van der Waals surface area contributed by atoms with Crippen molar-refractivity contribution < 1.29 is 0 Å². The van der Waals surface area contributed by atoms with Crippen LogP contribution in [0.4, 0.5) is 5.95 Å². The quantitative estimate of drug-likeness (QED) is 0.569. The van der Waals surface area contributed by atoms with E-state index < -0.39 is 0 Å². The maximum atomic E-state index is 5.81. The summed E-state index contributed by atoms with van der Waals surface area (Å²) in [4.78, 5) is 2.08. The minimum Gasteiger partial charge on any atom is -0.338 e. The van der Waals surface area contributed by atoms with Crippen LogP contribution in [0.25, 0.3) is 0 Å². The molecule has 12 heavy (non-hydrogen) atoms. The van der Waals surface area contributed by atoms with E-state index in [1.165, 1.54) is 0 Å². The van der Waals surface area contributed by atoms with Gasteiger partial charge < -0.3 is 10.6 Å². The Hall–Kier alpha value is -1.17. The predicted octanol–water partition coefficient (Wildman–Crippen LogP) is -0.873. The Kier molecular flexibility index (Phi) is 1.91. The van der Waals surface area contributed by atoms with Crippen LogP contribution in [0.5, 0.6) is 0 Å². The zero-order chi connectivity index (χ0) is 8.39. The maximum Gasteiger partial charge on any atom is 0.242 e. The fourth-order valence-corrected chi connectivity index (χ4v) is 1.49. The molecule has 6 heteroatoms. The Morgan fingerprint density at radius 2 is 2.50 bits per heavy atom. The fraction of sp³-hybridized carbons (Fsp3) is 0.833. The van der Waals surface area contributed by atoms with Gasteiger partial charge in [-0.05, 0) is 23.3 Å². The SMILES string of the molecule is NC1CCCN(c2nnn[nH]2)C1. The van der Waals surface area contributed by atoms with Gasteiger partial charge in [0.25, 0.3) is 0 Å². The van der Waals surface area contributed by atoms with Crippen LogP contribution >= 0.6 is 0 Å². The molecule has 1 fully saturated rings. The molecule has 0 saturated carbocycles. The number of aromatic amines is 1. The number of aromatic nitrogens is 4. The highest BCUT2D eigenvalue weighted by Crippen LogP contribution is 2.12. The second kappa shape index (κ2) is 3.06. The fourth-order valence-electron chi connectivity index (χ4n) is 1.49. The number of tetrazole rings is 1. The zero-order valence-corrected chi connectivity index (χ0v) is 6.77. The first-order valence-corrected chi connectivity index (χ1v) is 4.10. The molecule has 0 radical (unpaired) electrons. The highest BCUT2D eigenvalue weighted by Gasteiger charge is 2.18.